The van der Waals surface area contributed by atoms with Crippen molar-refractivity contribution in [3.63, 3.8) is 0 Å². The quantitative estimate of drug-likeness (QED) is 0.0951. The lowest BCUT2D eigenvalue weighted by Gasteiger charge is -2.54. The van der Waals surface area contributed by atoms with Crippen molar-refractivity contribution < 1.29 is 28.6 Å². The van der Waals surface area contributed by atoms with Crippen LogP contribution in [0.15, 0.2) is 17.3 Å². The molecule has 0 unspecified atom stereocenters. The molecule has 8 nitrogen and oxygen atoms in total. The SMILES string of the molecule is CCC(C)(C)C(=O)O[C@H]1C[C@@H](CN=O)[C@H](Cl)[C@]2(O)C=C[C@H](C)[C@H](CC[C@@H]3C[C@@H](O[Si](C)(C)C(C)(C)C)CC(=O)O3)[C@@H]12. The number of rotatable bonds is 10. The molecule has 9 atom stereocenters. The molecular formula is C31H52ClNO7Si. The molecule has 0 spiro atoms. The van der Waals surface area contributed by atoms with Crippen molar-refractivity contribution in [1.82, 2.24) is 0 Å². The molecule has 0 aromatic heterocycles. The topological polar surface area (TPSA) is 111 Å². The largest absolute Gasteiger partial charge is 0.462 e. The molecule has 3 rings (SSSR count). The van der Waals surface area contributed by atoms with Crippen molar-refractivity contribution in [1.29, 1.82) is 0 Å². The fraction of sp³-hybridized carbons (Fsp3) is 0.871. The Morgan fingerprint density at radius 1 is 1.22 bits per heavy atom. The number of nitrogens with zero attached hydrogens (tertiary/aromatic N) is 1. The van der Waals surface area contributed by atoms with E-state index in [1.54, 1.807) is 6.08 Å². The summed E-state index contributed by atoms with van der Waals surface area (Å²) in [5.74, 6) is -1.48. The number of hydrogen-bond donors (Lipinski definition) is 1. The Balaban J connectivity index is 1.84. The lowest BCUT2D eigenvalue weighted by Crippen LogP contribution is -2.63. The first-order chi connectivity index (χ1) is 18.9. The van der Waals surface area contributed by atoms with Crippen molar-refractivity contribution in [3.05, 3.63) is 17.1 Å². The highest BCUT2D eigenvalue weighted by atomic mass is 35.5. The molecule has 0 aromatic rings. The molecule has 0 amide bonds. The molecule has 2 aliphatic carbocycles. The van der Waals surface area contributed by atoms with Crippen molar-refractivity contribution in [2.45, 2.75) is 134 Å². The van der Waals surface area contributed by atoms with Gasteiger partial charge in [-0.25, -0.2) is 0 Å². The van der Waals surface area contributed by atoms with E-state index in [1.807, 2.05) is 26.8 Å². The minimum atomic E-state index is -2.06. The van der Waals surface area contributed by atoms with Crippen LogP contribution in [0.1, 0.15) is 87.0 Å². The van der Waals surface area contributed by atoms with Gasteiger partial charge in [-0.15, -0.1) is 11.6 Å². The predicted octanol–water partition coefficient (Wildman–Crippen LogP) is 6.77. The van der Waals surface area contributed by atoms with E-state index in [9.17, 15) is 19.6 Å². The number of nitroso groups, excluding NO2 is 1. The Hall–Kier alpha value is -1.29. The van der Waals surface area contributed by atoms with Gasteiger partial charge in [0.25, 0.3) is 0 Å². The lowest BCUT2D eigenvalue weighted by molar-refractivity contribution is -0.183. The fourth-order valence-corrected chi connectivity index (χ4v) is 8.14. The number of alkyl halides is 1. The van der Waals surface area contributed by atoms with Gasteiger partial charge in [0, 0.05) is 18.3 Å². The van der Waals surface area contributed by atoms with Crippen LogP contribution in [-0.2, 0) is 23.5 Å². The second-order valence-corrected chi connectivity index (χ2v) is 20.0. The van der Waals surface area contributed by atoms with Gasteiger partial charge in [0.1, 0.15) is 17.8 Å². The first-order valence-electron chi connectivity index (χ1n) is 15.3. The number of halogens is 1. The summed E-state index contributed by atoms with van der Waals surface area (Å²) in [6.07, 6.45) is 5.73. The summed E-state index contributed by atoms with van der Waals surface area (Å²) in [5, 5.41) is 14.4. The third-order valence-corrected chi connectivity index (χ3v) is 15.7. The van der Waals surface area contributed by atoms with E-state index >= 15 is 0 Å². The van der Waals surface area contributed by atoms with Crippen LogP contribution in [0.25, 0.3) is 0 Å². The van der Waals surface area contributed by atoms with E-state index in [0.29, 0.717) is 32.1 Å². The Labute approximate surface area is 252 Å². The molecular weight excluding hydrogens is 562 g/mol. The molecule has 10 heteroatoms. The standard InChI is InChI=1S/C31H52ClNO7Si/c1-10-30(6,7)28(35)39-24-15-20(18-33-37)27(32)31(36)14-13-19(2)23(26(24)31)12-11-21-16-22(17-25(34)38-21)40-41(8,9)29(3,4)5/h13-14,19-24,26-27,36H,10-12,15-18H2,1-9H3/t19-,20-,21+,22+,23-,24-,26-,27-,31-/m0/s1. The van der Waals surface area contributed by atoms with Crippen LogP contribution in [0, 0.1) is 34.0 Å². The number of aliphatic hydroxyl groups is 1. The summed E-state index contributed by atoms with van der Waals surface area (Å²) >= 11 is 6.87. The molecule has 0 aromatic carbocycles. The van der Waals surface area contributed by atoms with Crippen LogP contribution in [0.2, 0.25) is 18.1 Å². The van der Waals surface area contributed by atoms with Crippen molar-refractivity contribution >= 4 is 31.9 Å². The van der Waals surface area contributed by atoms with E-state index < -0.39 is 42.7 Å². The zero-order valence-corrected chi connectivity index (χ0v) is 28.2. The molecule has 1 aliphatic heterocycles. The number of fused-ring (bicyclic) bond motifs is 1. The zero-order chi connectivity index (χ0) is 31.0. The zero-order valence-electron chi connectivity index (χ0n) is 26.4. The predicted molar refractivity (Wildman–Crippen MR) is 163 cm³/mol. The monoisotopic (exact) mass is 613 g/mol. The van der Waals surface area contributed by atoms with Gasteiger partial charge in [0.2, 0.25) is 0 Å². The minimum absolute atomic E-state index is 0.0350. The molecule has 0 radical (unpaired) electrons. The molecule has 1 heterocycles. The van der Waals surface area contributed by atoms with Gasteiger partial charge < -0.3 is 19.0 Å². The van der Waals surface area contributed by atoms with Crippen LogP contribution in [-0.4, -0.2) is 61.2 Å². The van der Waals surface area contributed by atoms with Gasteiger partial charge in [-0.05, 0) is 69.5 Å². The molecule has 1 N–H and O–H groups in total. The maximum atomic E-state index is 13.2. The highest BCUT2D eigenvalue weighted by Gasteiger charge is 2.59. The summed E-state index contributed by atoms with van der Waals surface area (Å²) in [4.78, 5) is 37.1. The molecule has 1 saturated carbocycles. The van der Waals surface area contributed by atoms with Gasteiger partial charge in [-0.2, -0.15) is 4.91 Å². The normalized spacial score (nSPS) is 36.3. The third kappa shape index (κ3) is 7.44. The average Bonchev–Trinajstić information content (AvgIpc) is 2.86. The van der Waals surface area contributed by atoms with Gasteiger partial charge >= 0.3 is 11.9 Å². The van der Waals surface area contributed by atoms with E-state index in [1.165, 1.54) is 0 Å². The summed E-state index contributed by atoms with van der Waals surface area (Å²) in [6, 6.07) is 0. The van der Waals surface area contributed by atoms with Gasteiger partial charge in [-0.1, -0.05) is 51.9 Å². The first-order valence-corrected chi connectivity index (χ1v) is 18.6. The maximum Gasteiger partial charge on any atom is 0.311 e. The number of ether oxygens (including phenoxy) is 2. The summed E-state index contributed by atoms with van der Waals surface area (Å²) in [5.41, 5.74) is -2.15. The molecule has 2 fully saturated rings. The van der Waals surface area contributed by atoms with Crippen LogP contribution >= 0.6 is 11.6 Å². The van der Waals surface area contributed by atoms with Crippen LogP contribution in [0.4, 0.5) is 0 Å². The number of carbonyl (C=O) groups is 2. The maximum absolute atomic E-state index is 13.2. The first kappa shape index (κ1) is 34.2. The number of cyclic esters (lactones) is 1. The summed E-state index contributed by atoms with van der Waals surface area (Å²) < 4.78 is 18.5. The summed E-state index contributed by atoms with van der Waals surface area (Å²) in [6.45, 7) is 18.6. The Bertz CT molecular complexity index is 995. The molecule has 41 heavy (non-hydrogen) atoms. The minimum Gasteiger partial charge on any atom is -0.462 e. The third-order valence-electron chi connectivity index (χ3n) is 10.4. The second kappa shape index (κ2) is 12.7. The Morgan fingerprint density at radius 3 is 2.46 bits per heavy atom. The van der Waals surface area contributed by atoms with Gasteiger partial charge in [0.05, 0.1) is 29.9 Å². The van der Waals surface area contributed by atoms with E-state index in [-0.39, 0.29) is 54.0 Å². The van der Waals surface area contributed by atoms with E-state index in [4.69, 9.17) is 25.5 Å². The van der Waals surface area contributed by atoms with Crippen molar-refractivity contribution in [3.8, 4) is 0 Å². The molecule has 1 saturated heterocycles. The smallest absolute Gasteiger partial charge is 0.311 e. The molecule has 0 bridgehead atoms. The Morgan fingerprint density at radius 2 is 1.88 bits per heavy atom. The second-order valence-electron chi connectivity index (χ2n) is 14.8. The fourth-order valence-electron chi connectivity index (χ4n) is 6.37. The van der Waals surface area contributed by atoms with E-state index in [0.717, 1.165) is 0 Å². The van der Waals surface area contributed by atoms with Crippen molar-refractivity contribution in [2.24, 2.45) is 34.3 Å². The van der Waals surface area contributed by atoms with Crippen LogP contribution < -0.4 is 0 Å². The average molecular weight is 614 g/mol. The van der Waals surface area contributed by atoms with Gasteiger partial charge in [-0.3, -0.25) is 9.59 Å². The number of hydrogen-bond acceptors (Lipinski definition) is 8. The highest BCUT2D eigenvalue weighted by Crippen LogP contribution is 2.52. The highest BCUT2D eigenvalue weighted by molar-refractivity contribution is 6.74. The number of carbonyl (C=O) groups excluding carboxylic acids is 2. The van der Waals surface area contributed by atoms with E-state index in [2.05, 4.69) is 46.0 Å². The number of esters is 2. The number of allylic oxidation sites excluding steroid dienone is 1. The van der Waals surface area contributed by atoms with Crippen LogP contribution in [0.3, 0.4) is 0 Å². The van der Waals surface area contributed by atoms with Crippen LogP contribution in [0.5, 0.6) is 0 Å². The Kier molecular flexibility index (Phi) is 10.6. The molecule has 3 aliphatic rings. The molecule has 234 valence electrons. The lowest BCUT2D eigenvalue weighted by atomic mass is 9.57. The van der Waals surface area contributed by atoms with Gasteiger partial charge in [0.15, 0.2) is 8.32 Å². The van der Waals surface area contributed by atoms with Crippen molar-refractivity contribution in [2.75, 3.05) is 6.54 Å². The summed E-state index contributed by atoms with van der Waals surface area (Å²) in [7, 11) is -2.06.